The van der Waals surface area contributed by atoms with E-state index in [-0.39, 0.29) is 5.54 Å². The second-order valence-electron chi connectivity index (χ2n) is 2.12. The van der Waals surface area contributed by atoms with Crippen LogP contribution in [0.2, 0.25) is 0 Å². The Kier molecular flexibility index (Phi) is 2.36. The van der Waals surface area contributed by atoms with Gasteiger partial charge in [-0.25, -0.2) is 0 Å². The quantitative estimate of drug-likeness (QED) is 0.497. The molecule has 0 saturated carbocycles. The molecule has 1 nitrogen and oxygen atoms in total. The molecule has 0 aliphatic heterocycles. The SMILES string of the molecule is CC(C)(N)CI. The first-order valence-corrected chi connectivity index (χ1v) is 3.44. The maximum Gasteiger partial charge on any atom is 0.0187 e. The lowest BCUT2D eigenvalue weighted by Gasteiger charge is -2.11. The Hall–Kier alpha value is 0.690. The highest BCUT2D eigenvalue weighted by Gasteiger charge is 2.04. The first-order chi connectivity index (χ1) is 2.56. The van der Waals surface area contributed by atoms with Crippen molar-refractivity contribution in [1.82, 2.24) is 0 Å². The number of alkyl halides is 1. The lowest BCUT2D eigenvalue weighted by molar-refractivity contribution is 0.600. The molecule has 0 rings (SSSR count). The molecule has 0 bridgehead atoms. The van der Waals surface area contributed by atoms with Crippen molar-refractivity contribution in [3.05, 3.63) is 0 Å². The Balaban J connectivity index is 3.17. The maximum atomic E-state index is 5.53. The van der Waals surface area contributed by atoms with Crippen molar-refractivity contribution in [2.24, 2.45) is 5.73 Å². The van der Waals surface area contributed by atoms with Crippen molar-refractivity contribution < 1.29 is 0 Å². The van der Waals surface area contributed by atoms with E-state index in [9.17, 15) is 0 Å². The monoisotopic (exact) mass is 199 g/mol. The molecule has 2 heteroatoms. The Morgan fingerprint density at radius 2 is 1.83 bits per heavy atom. The van der Waals surface area contributed by atoms with Crippen molar-refractivity contribution >= 4 is 22.6 Å². The van der Waals surface area contributed by atoms with E-state index in [4.69, 9.17) is 5.73 Å². The Labute approximate surface area is 52.4 Å². The third-order valence-electron chi connectivity index (χ3n) is 0.344. The van der Waals surface area contributed by atoms with Crippen LogP contribution in [0.25, 0.3) is 0 Å². The summed E-state index contributed by atoms with van der Waals surface area (Å²) in [6, 6.07) is 0. The average Bonchev–Trinajstić information content (AvgIpc) is 1.35. The van der Waals surface area contributed by atoms with Crippen LogP contribution in [0.5, 0.6) is 0 Å². The molecule has 0 saturated heterocycles. The van der Waals surface area contributed by atoms with Gasteiger partial charge in [0.15, 0.2) is 0 Å². The molecular weight excluding hydrogens is 189 g/mol. The van der Waals surface area contributed by atoms with E-state index in [1.807, 2.05) is 13.8 Å². The summed E-state index contributed by atoms with van der Waals surface area (Å²) in [5.74, 6) is 0. The summed E-state index contributed by atoms with van der Waals surface area (Å²) in [6.45, 7) is 4.03. The van der Waals surface area contributed by atoms with Crippen LogP contribution in [-0.2, 0) is 0 Å². The van der Waals surface area contributed by atoms with Crippen molar-refractivity contribution in [3.8, 4) is 0 Å². The van der Waals surface area contributed by atoms with Gasteiger partial charge in [-0.1, -0.05) is 22.6 Å². The van der Waals surface area contributed by atoms with E-state index in [2.05, 4.69) is 22.6 Å². The van der Waals surface area contributed by atoms with Gasteiger partial charge in [0.1, 0.15) is 0 Å². The second-order valence-corrected chi connectivity index (χ2v) is 2.89. The first-order valence-electron chi connectivity index (χ1n) is 1.91. The zero-order valence-electron chi connectivity index (χ0n) is 4.16. The van der Waals surface area contributed by atoms with E-state index < -0.39 is 0 Å². The summed E-state index contributed by atoms with van der Waals surface area (Å²) in [5.41, 5.74) is 5.56. The van der Waals surface area contributed by atoms with E-state index in [1.165, 1.54) is 0 Å². The molecule has 0 aliphatic carbocycles. The molecule has 0 spiro atoms. The number of rotatable bonds is 1. The molecule has 0 amide bonds. The standard InChI is InChI=1S/C4H10IN/c1-4(2,6)3-5/h3,6H2,1-2H3. The summed E-state index contributed by atoms with van der Waals surface area (Å²) in [4.78, 5) is 0. The predicted molar refractivity (Wildman–Crippen MR) is 37.2 cm³/mol. The molecule has 38 valence electrons. The molecule has 0 aromatic carbocycles. The van der Waals surface area contributed by atoms with Gasteiger partial charge in [0.05, 0.1) is 0 Å². The van der Waals surface area contributed by atoms with E-state index >= 15 is 0 Å². The molecule has 6 heavy (non-hydrogen) atoms. The summed E-state index contributed by atoms with van der Waals surface area (Å²) >= 11 is 2.27. The zero-order chi connectivity index (χ0) is 5.21. The van der Waals surface area contributed by atoms with Crippen LogP contribution in [0.4, 0.5) is 0 Å². The predicted octanol–water partition coefficient (Wildman–Crippen LogP) is 1.16. The summed E-state index contributed by atoms with van der Waals surface area (Å²) < 4.78 is 1.02. The Bertz CT molecular complexity index is 37.3. The Morgan fingerprint density at radius 1 is 1.67 bits per heavy atom. The fourth-order valence-corrected chi connectivity index (χ4v) is 0. The molecule has 0 aliphatic rings. The molecule has 0 aromatic heterocycles. The van der Waals surface area contributed by atoms with Gasteiger partial charge in [-0.15, -0.1) is 0 Å². The van der Waals surface area contributed by atoms with Crippen LogP contribution >= 0.6 is 22.6 Å². The van der Waals surface area contributed by atoms with E-state index in [1.54, 1.807) is 0 Å². The van der Waals surface area contributed by atoms with Gasteiger partial charge in [-0.3, -0.25) is 0 Å². The van der Waals surface area contributed by atoms with Crippen LogP contribution < -0.4 is 5.73 Å². The van der Waals surface area contributed by atoms with Crippen LogP contribution in [0.3, 0.4) is 0 Å². The van der Waals surface area contributed by atoms with Crippen LogP contribution in [-0.4, -0.2) is 9.97 Å². The minimum atomic E-state index is 0.0283. The lowest BCUT2D eigenvalue weighted by Crippen LogP contribution is -2.33. The maximum absolute atomic E-state index is 5.53. The molecule has 0 fully saturated rings. The van der Waals surface area contributed by atoms with Gasteiger partial charge < -0.3 is 5.73 Å². The van der Waals surface area contributed by atoms with E-state index in [0.717, 1.165) is 4.43 Å². The lowest BCUT2D eigenvalue weighted by atomic mass is 10.1. The van der Waals surface area contributed by atoms with Crippen molar-refractivity contribution in [1.29, 1.82) is 0 Å². The number of hydrogen-bond donors (Lipinski definition) is 1. The normalized spacial score (nSPS) is 12.0. The largest absolute Gasteiger partial charge is 0.325 e. The summed E-state index contributed by atoms with van der Waals surface area (Å²) in [5, 5.41) is 0. The highest BCUT2D eigenvalue weighted by atomic mass is 127. The van der Waals surface area contributed by atoms with Gasteiger partial charge in [0, 0.05) is 9.97 Å². The van der Waals surface area contributed by atoms with Crippen LogP contribution in [0.15, 0.2) is 0 Å². The van der Waals surface area contributed by atoms with Crippen molar-refractivity contribution in [2.45, 2.75) is 19.4 Å². The molecule has 0 aromatic rings. The third kappa shape index (κ3) is 4.69. The smallest absolute Gasteiger partial charge is 0.0187 e. The number of halogens is 1. The number of nitrogens with two attached hydrogens (primary N) is 1. The van der Waals surface area contributed by atoms with Gasteiger partial charge in [0.2, 0.25) is 0 Å². The Morgan fingerprint density at radius 3 is 1.83 bits per heavy atom. The zero-order valence-corrected chi connectivity index (χ0v) is 6.32. The molecular formula is C4H10IN. The van der Waals surface area contributed by atoms with Crippen molar-refractivity contribution in [2.75, 3.05) is 4.43 Å². The number of hydrogen-bond acceptors (Lipinski definition) is 1. The molecule has 0 heterocycles. The molecule has 0 radical (unpaired) electrons. The third-order valence-corrected chi connectivity index (χ3v) is 2.31. The van der Waals surface area contributed by atoms with Gasteiger partial charge in [-0.2, -0.15) is 0 Å². The molecule has 0 atom stereocenters. The molecule has 0 unspecified atom stereocenters. The fraction of sp³-hybridized carbons (Fsp3) is 1.00. The highest BCUT2D eigenvalue weighted by molar-refractivity contribution is 14.1. The highest BCUT2D eigenvalue weighted by Crippen LogP contribution is 1.99. The van der Waals surface area contributed by atoms with Gasteiger partial charge in [-0.05, 0) is 13.8 Å². The molecule has 2 N–H and O–H groups in total. The van der Waals surface area contributed by atoms with E-state index in [0.29, 0.717) is 0 Å². The summed E-state index contributed by atoms with van der Waals surface area (Å²) in [7, 11) is 0. The minimum Gasteiger partial charge on any atom is -0.325 e. The minimum absolute atomic E-state index is 0.0283. The fourth-order valence-electron chi connectivity index (χ4n) is 0. The van der Waals surface area contributed by atoms with Crippen molar-refractivity contribution in [3.63, 3.8) is 0 Å². The summed E-state index contributed by atoms with van der Waals surface area (Å²) in [6.07, 6.45) is 0. The second kappa shape index (κ2) is 2.12. The topological polar surface area (TPSA) is 26.0 Å². The average molecular weight is 199 g/mol. The van der Waals surface area contributed by atoms with Gasteiger partial charge in [0.25, 0.3) is 0 Å². The first kappa shape index (κ1) is 6.69. The van der Waals surface area contributed by atoms with Gasteiger partial charge >= 0.3 is 0 Å². The van der Waals surface area contributed by atoms with Crippen LogP contribution in [0, 0.1) is 0 Å². The van der Waals surface area contributed by atoms with Crippen LogP contribution in [0.1, 0.15) is 13.8 Å².